The van der Waals surface area contributed by atoms with Gasteiger partial charge in [0.1, 0.15) is 11.3 Å². The van der Waals surface area contributed by atoms with Crippen molar-refractivity contribution >= 4 is 28.7 Å². The molecule has 0 unspecified atom stereocenters. The van der Waals surface area contributed by atoms with E-state index in [0.717, 1.165) is 29.1 Å². The molecule has 0 saturated heterocycles. The van der Waals surface area contributed by atoms with Crippen LogP contribution in [0.3, 0.4) is 0 Å². The van der Waals surface area contributed by atoms with Crippen molar-refractivity contribution in [1.29, 1.82) is 0 Å². The van der Waals surface area contributed by atoms with Gasteiger partial charge in [-0.1, -0.05) is 23.7 Å². The number of carbonyl (C=O) groups is 1. The summed E-state index contributed by atoms with van der Waals surface area (Å²) < 4.78 is 1.89. The Hall–Kier alpha value is -3.19. The topological polar surface area (TPSA) is 79.7 Å². The summed E-state index contributed by atoms with van der Waals surface area (Å²) >= 11 is 6.33. The summed E-state index contributed by atoms with van der Waals surface area (Å²) in [6.07, 6.45) is 4.18. The van der Waals surface area contributed by atoms with Crippen LogP contribution in [0, 0.1) is 0 Å². The highest BCUT2D eigenvalue weighted by atomic mass is 35.5. The Morgan fingerprint density at radius 1 is 1.25 bits per heavy atom. The first kappa shape index (κ1) is 16.9. The number of halogens is 1. The van der Waals surface area contributed by atoms with Gasteiger partial charge in [0.25, 0.3) is 5.91 Å². The van der Waals surface area contributed by atoms with Gasteiger partial charge in [0.05, 0.1) is 16.8 Å². The number of H-pyrrole nitrogens is 1. The lowest BCUT2D eigenvalue weighted by Gasteiger charge is -2.26. The second-order valence-corrected chi connectivity index (χ2v) is 7.30. The summed E-state index contributed by atoms with van der Waals surface area (Å²) in [7, 11) is 1.90. The fourth-order valence-corrected chi connectivity index (χ4v) is 3.87. The molecule has 0 atom stereocenters. The zero-order valence-electron chi connectivity index (χ0n) is 15.2. The Morgan fingerprint density at radius 2 is 2.11 bits per heavy atom. The Morgan fingerprint density at radius 3 is 2.96 bits per heavy atom. The molecule has 0 fully saturated rings. The number of hydrogen-bond acceptors (Lipinski definition) is 4. The van der Waals surface area contributed by atoms with E-state index in [-0.39, 0.29) is 5.91 Å². The van der Waals surface area contributed by atoms with Crippen molar-refractivity contribution in [3.05, 3.63) is 64.6 Å². The van der Waals surface area contributed by atoms with Crippen LogP contribution in [0.1, 0.15) is 21.6 Å². The maximum Gasteiger partial charge on any atom is 0.255 e. The highest BCUT2D eigenvalue weighted by Gasteiger charge is 2.24. The number of imidazole rings is 1. The standard InChI is InChI=1S/C20H17ClN6O/c1-26-18(14-4-2-3-5-15(14)21)24-17-8-12(9-22-19(17)26)20(28)27-7-6-16-13(11-27)10-23-25-16/h2-5,8-10H,6-7,11H2,1H3,(H,23,25). The van der Waals surface area contributed by atoms with Crippen LogP contribution in [0.25, 0.3) is 22.6 Å². The smallest absolute Gasteiger partial charge is 0.255 e. The molecule has 1 aliphatic heterocycles. The van der Waals surface area contributed by atoms with Crippen molar-refractivity contribution in [3.8, 4) is 11.4 Å². The predicted octanol–water partition coefficient (Wildman–Crippen LogP) is 3.21. The Labute approximate surface area is 166 Å². The molecule has 28 heavy (non-hydrogen) atoms. The molecule has 1 N–H and O–H groups in total. The van der Waals surface area contributed by atoms with Gasteiger partial charge in [-0.15, -0.1) is 0 Å². The summed E-state index contributed by atoms with van der Waals surface area (Å²) in [4.78, 5) is 24.0. The number of pyridine rings is 1. The first-order chi connectivity index (χ1) is 13.6. The molecule has 8 heteroatoms. The van der Waals surface area contributed by atoms with Gasteiger partial charge in [-0.05, 0) is 18.2 Å². The molecule has 140 valence electrons. The van der Waals surface area contributed by atoms with E-state index in [1.54, 1.807) is 18.5 Å². The van der Waals surface area contributed by atoms with Crippen LogP contribution in [0.15, 0.2) is 42.7 Å². The second kappa shape index (κ2) is 6.45. The Bertz CT molecular complexity index is 1210. The summed E-state index contributed by atoms with van der Waals surface area (Å²) in [5, 5.41) is 7.67. The summed E-state index contributed by atoms with van der Waals surface area (Å²) in [6, 6.07) is 9.36. The van der Waals surface area contributed by atoms with Gasteiger partial charge < -0.3 is 9.47 Å². The van der Waals surface area contributed by atoms with Crippen LogP contribution in [-0.4, -0.2) is 42.1 Å². The Balaban J connectivity index is 1.50. The molecule has 0 saturated carbocycles. The van der Waals surface area contributed by atoms with Gasteiger partial charge in [0, 0.05) is 49.6 Å². The molecule has 0 bridgehead atoms. The molecule has 0 radical (unpaired) electrons. The molecule has 4 aromatic rings. The monoisotopic (exact) mass is 392 g/mol. The second-order valence-electron chi connectivity index (χ2n) is 6.89. The summed E-state index contributed by atoms with van der Waals surface area (Å²) in [6.45, 7) is 1.20. The number of hydrogen-bond donors (Lipinski definition) is 1. The average molecular weight is 393 g/mol. The predicted molar refractivity (Wildman–Crippen MR) is 106 cm³/mol. The lowest BCUT2D eigenvalue weighted by molar-refractivity contribution is 0.0734. The number of benzene rings is 1. The zero-order valence-corrected chi connectivity index (χ0v) is 15.9. The molecule has 1 aromatic carbocycles. The van der Waals surface area contributed by atoms with E-state index in [1.807, 2.05) is 40.8 Å². The molecule has 3 aromatic heterocycles. The highest BCUT2D eigenvalue weighted by Crippen LogP contribution is 2.29. The third kappa shape index (κ3) is 2.66. The highest BCUT2D eigenvalue weighted by molar-refractivity contribution is 6.33. The van der Waals surface area contributed by atoms with Crippen molar-refractivity contribution in [2.75, 3.05) is 6.54 Å². The lowest BCUT2D eigenvalue weighted by atomic mass is 10.1. The van der Waals surface area contributed by atoms with Crippen molar-refractivity contribution in [2.24, 2.45) is 7.05 Å². The van der Waals surface area contributed by atoms with Crippen LogP contribution in [-0.2, 0) is 20.0 Å². The third-order valence-corrected chi connectivity index (χ3v) is 5.49. The van der Waals surface area contributed by atoms with Crippen LogP contribution >= 0.6 is 11.6 Å². The van der Waals surface area contributed by atoms with E-state index in [2.05, 4.69) is 20.2 Å². The van der Waals surface area contributed by atoms with Crippen LogP contribution in [0.5, 0.6) is 0 Å². The number of rotatable bonds is 2. The number of amides is 1. The van der Waals surface area contributed by atoms with E-state index >= 15 is 0 Å². The molecule has 0 spiro atoms. The van der Waals surface area contributed by atoms with Crippen molar-refractivity contribution in [3.63, 3.8) is 0 Å². The number of aryl methyl sites for hydroxylation is 1. The maximum absolute atomic E-state index is 13.0. The molecular formula is C20H17ClN6O. The largest absolute Gasteiger partial charge is 0.334 e. The van der Waals surface area contributed by atoms with Gasteiger partial charge in [-0.25, -0.2) is 9.97 Å². The summed E-state index contributed by atoms with van der Waals surface area (Å²) in [5.74, 6) is 0.671. The van der Waals surface area contributed by atoms with E-state index in [1.165, 1.54) is 0 Å². The molecule has 0 aliphatic carbocycles. The molecule has 1 amide bonds. The van der Waals surface area contributed by atoms with E-state index in [4.69, 9.17) is 11.6 Å². The minimum Gasteiger partial charge on any atom is -0.334 e. The number of aromatic nitrogens is 5. The minimum absolute atomic E-state index is 0.0498. The maximum atomic E-state index is 13.0. The van der Waals surface area contributed by atoms with Gasteiger partial charge in [-0.3, -0.25) is 9.89 Å². The first-order valence-electron chi connectivity index (χ1n) is 8.99. The molecular weight excluding hydrogens is 376 g/mol. The van der Waals surface area contributed by atoms with Gasteiger partial charge in [0.2, 0.25) is 0 Å². The quantitative estimate of drug-likeness (QED) is 0.568. The Kier molecular flexibility index (Phi) is 3.91. The van der Waals surface area contributed by atoms with Crippen LogP contribution < -0.4 is 0 Å². The van der Waals surface area contributed by atoms with Crippen molar-refractivity contribution < 1.29 is 4.79 Å². The zero-order chi connectivity index (χ0) is 19.3. The first-order valence-corrected chi connectivity index (χ1v) is 9.37. The van der Waals surface area contributed by atoms with Crippen molar-refractivity contribution in [2.45, 2.75) is 13.0 Å². The fourth-order valence-electron chi connectivity index (χ4n) is 3.65. The molecule has 4 heterocycles. The number of fused-ring (bicyclic) bond motifs is 2. The van der Waals surface area contributed by atoms with Crippen LogP contribution in [0.2, 0.25) is 5.02 Å². The third-order valence-electron chi connectivity index (χ3n) is 5.16. The SMILES string of the molecule is Cn1c(-c2ccccc2Cl)nc2cc(C(=O)N3CCc4[nH]ncc4C3)cnc21. The van der Waals surface area contributed by atoms with Crippen LogP contribution in [0.4, 0.5) is 0 Å². The van der Waals surface area contributed by atoms with Gasteiger partial charge in [-0.2, -0.15) is 5.10 Å². The average Bonchev–Trinajstić information content (AvgIpc) is 3.31. The molecule has 1 aliphatic rings. The number of nitrogens with zero attached hydrogens (tertiary/aromatic N) is 5. The van der Waals surface area contributed by atoms with Crippen molar-refractivity contribution in [1.82, 2.24) is 29.6 Å². The minimum atomic E-state index is -0.0498. The fraction of sp³-hybridized carbons (Fsp3) is 0.200. The summed E-state index contributed by atoms with van der Waals surface area (Å²) in [5.41, 5.74) is 4.91. The van der Waals surface area contributed by atoms with Gasteiger partial charge >= 0.3 is 0 Å². The molecule has 7 nitrogen and oxygen atoms in total. The number of carbonyl (C=O) groups excluding carboxylic acids is 1. The normalized spacial score (nSPS) is 13.7. The van der Waals surface area contributed by atoms with E-state index in [0.29, 0.717) is 34.8 Å². The van der Waals surface area contributed by atoms with E-state index < -0.39 is 0 Å². The number of nitrogens with one attached hydrogen (secondary N) is 1. The number of aromatic amines is 1. The molecule has 5 rings (SSSR count). The van der Waals surface area contributed by atoms with E-state index in [9.17, 15) is 4.79 Å². The van der Waals surface area contributed by atoms with Gasteiger partial charge in [0.15, 0.2) is 5.65 Å². The lowest BCUT2D eigenvalue weighted by Crippen LogP contribution is -2.35.